The van der Waals surface area contributed by atoms with Crippen molar-refractivity contribution in [2.24, 2.45) is 17.3 Å². The number of benzene rings is 2. The summed E-state index contributed by atoms with van der Waals surface area (Å²) in [4.78, 5) is 13.5. The maximum absolute atomic E-state index is 15.7. The summed E-state index contributed by atoms with van der Waals surface area (Å²) in [6.45, 7) is 5.80. The molecule has 1 saturated carbocycles. The highest BCUT2D eigenvalue weighted by Gasteiger charge is 2.63. The van der Waals surface area contributed by atoms with Gasteiger partial charge in [0.15, 0.2) is 0 Å². The van der Waals surface area contributed by atoms with E-state index in [-0.39, 0.29) is 39.0 Å². The molecule has 0 bridgehead atoms. The highest BCUT2D eigenvalue weighted by molar-refractivity contribution is 6.31. The van der Waals surface area contributed by atoms with Crippen molar-refractivity contribution in [3.8, 4) is 6.07 Å². The van der Waals surface area contributed by atoms with Crippen molar-refractivity contribution in [3.05, 3.63) is 69.2 Å². The Morgan fingerprint density at radius 1 is 1.24 bits per heavy atom. The van der Waals surface area contributed by atoms with E-state index in [1.54, 1.807) is 6.07 Å². The van der Waals surface area contributed by atoms with E-state index >= 15 is 8.78 Å². The first-order valence-corrected chi connectivity index (χ1v) is 13.0. The first-order valence-electron chi connectivity index (χ1n) is 12.3. The molecule has 9 heteroatoms. The Morgan fingerprint density at radius 2 is 1.95 bits per heavy atom. The van der Waals surface area contributed by atoms with E-state index in [0.717, 1.165) is 6.07 Å². The fourth-order valence-electron chi connectivity index (χ4n) is 6.14. The zero-order valence-electron chi connectivity index (χ0n) is 20.9. The number of likely N-dealkylation sites (tertiary alicyclic amines) is 1. The molecule has 37 heavy (non-hydrogen) atoms. The standard InChI is InChI=1S/C28H30Cl2F2N2O3/c1-27(2,3)11-23-28(14-33,19-8-7-16(29)10-21(19)31)24(17-5-4-6-20(30)25(17)32)22(13-35)34(23)12-15-9-18(15)26(36)37/h4-8,10,15,18,22-24,35H,9,11-13H2,1-3H3,(H,36,37)/t15-,18-,22+,23+,24+,28+/m1/s1. The molecule has 198 valence electrons. The second-order valence-corrected chi connectivity index (χ2v) is 12.2. The maximum Gasteiger partial charge on any atom is 0.306 e. The van der Waals surface area contributed by atoms with Gasteiger partial charge in [0.25, 0.3) is 0 Å². The molecule has 0 aromatic heterocycles. The summed E-state index contributed by atoms with van der Waals surface area (Å²) in [5.41, 5.74) is -1.81. The Kier molecular flexibility index (Phi) is 7.62. The monoisotopic (exact) mass is 550 g/mol. The number of rotatable bonds is 7. The molecule has 0 radical (unpaired) electrons. The molecule has 4 rings (SSSR count). The minimum absolute atomic E-state index is 0.0598. The van der Waals surface area contributed by atoms with E-state index in [1.807, 2.05) is 25.7 Å². The van der Waals surface area contributed by atoms with Crippen LogP contribution in [0.5, 0.6) is 0 Å². The quantitative estimate of drug-likeness (QED) is 0.440. The smallest absolute Gasteiger partial charge is 0.306 e. The summed E-state index contributed by atoms with van der Waals surface area (Å²) in [5.74, 6) is -4.04. The van der Waals surface area contributed by atoms with E-state index < -0.39 is 53.5 Å². The number of carboxylic acids is 1. The lowest BCUT2D eigenvalue weighted by Crippen LogP contribution is -2.47. The summed E-state index contributed by atoms with van der Waals surface area (Å²) in [6, 6.07) is 9.50. The van der Waals surface area contributed by atoms with Crippen molar-refractivity contribution in [3.63, 3.8) is 0 Å². The second-order valence-electron chi connectivity index (χ2n) is 11.4. The van der Waals surface area contributed by atoms with Gasteiger partial charge < -0.3 is 10.2 Å². The van der Waals surface area contributed by atoms with Gasteiger partial charge in [-0.1, -0.05) is 62.2 Å². The van der Waals surface area contributed by atoms with E-state index in [1.165, 1.54) is 24.3 Å². The number of carboxylic acid groups (broad SMARTS) is 1. The molecule has 2 fully saturated rings. The molecule has 1 aliphatic carbocycles. The summed E-state index contributed by atoms with van der Waals surface area (Å²) < 4.78 is 31.3. The van der Waals surface area contributed by atoms with Crippen molar-refractivity contribution < 1.29 is 23.8 Å². The number of hydrogen-bond acceptors (Lipinski definition) is 4. The third kappa shape index (κ3) is 4.97. The molecule has 1 heterocycles. The van der Waals surface area contributed by atoms with Crippen molar-refractivity contribution >= 4 is 29.2 Å². The van der Waals surface area contributed by atoms with Crippen molar-refractivity contribution in [2.75, 3.05) is 13.2 Å². The minimum Gasteiger partial charge on any atom is -0.481 e. The number of halogens is 4. The number of aliphatic hydroxyl groups excluding tert-OH is 1. The second kappa shape index (κ2) is 10.1. The number of nitrogens with zero attached hydrogens (tertiary/aromatic N) is 2. The van der Waals surface area contributed by atoms with Gasteiger partial charge >= 0.3 is 5.97 Å². The molecular weight excluding hydrogens is 521 g/mol. The Labute approximate surface area is 225 Å². The van der Waals surface area contributed by atoms with E-state index in [4.69, 9.17) is 23.2 Å². The number of aliphatic hydroxyl groups is 1. The summed E-state index contributed by atoms with van der Waals surface area (Å²) in [6.07, 6.45) is 0.875. The lowest BCUT2D eigenvalue weighted by molar-refractivity contribution is -0.138. The molecule has 2 N–H and O–H groups in total. The SMILES string of the molecule is CC(C)(C)C[C@@H]1N(C[C@H]2C[C@H]2C(=O)O)[C@@H](CO)[C@H](c2cccc(Cl)c2F)[C@@]1(C#N)c1ccc(Cl)cc1F. The Hall–Kier alpha value is -2.24. The van der Waals surface area contributed by atoms with E-state index in [9.17, 15) is 20.3 Å². The molecule has 6 atom stereocenters. The Morgan fingerprint density at radius 3 is 2.49 bits per heavy atom. The van der Waals surface area contributed by atoms with Crippen LogP contribution < -0.4 is 0 Å². The van der Waals surface area contributed by atoms with Crippen molar-refractivity contribution in [1.29, 1.82) is 5.26 Å². The molecular formula is C28H30Cl2F2N2O3. The lowest BCUT2D eigenvalue weighted by atomic mass is 9.62. The van der Waals surface area contributed by atoms with Gasteiger partial charge in [-0.3, -0.25) is 9.69 Å². The van der Waals surface area contributed by atoms with Crippen LogP contribution in [0.25, 0.3) is 0 Å². The third-order valence-electron chi connectivity index (χ3n) is 7.78. The van der Waals surface area contributed by atoms with Crippen molar-refractivity contribution in [2.45, 2.75) is 57.0 Å². The van der Waals surface area contributed by atoms with Crippen molar-refractivity contribution in [1.82, 2.24) is 4.90 Å². The fourth-order valence-corrected chi connectivity index (χ4v) is 6.48. The van der Waals surface area contributed by atoms with E-state index in [0.29, 0.717) is 12.8 Å². The predicted molar refractivity (Wildman–Crippen MR) is 138 cm³/mol. The number of nitriles is 1. The maximum atomic E-state index is 15.7. The average molecular weight is 551 g/mol. The number of hydrogen-bond donors (Lipinski definition) is 2. The van der Waals surface area contributed by atoms with Crippen LogP contribution >= 0.6 is 23.2 Å². The van der Waals surface area contributed by atoms with Crippen LogP contribution in [0, 0.1) is 40.2 Å². The molecule has 2 aromatic carbocycles. The van der Waals surface area contributed by atoms with Gasteiger partial charge in [-0.2, -0.15) is 5.26 Å². The highest BCUT2D eigenvalue weighted by atomic mass is 35.5. The van der Waals surface area contributed by atoms with Crippen LogP contribution in [0.3, 0.4) is 0 Å². The average Bonchev–Trinajstić information content (AvgIpc) is 3.54. The topological polar surface area (TPSA) is 84.6 Å². The van der Waals surface area contributed by atoms with Crippen LogP contribution in [0.2, 0.25) is 10.0 Å². The largest absolute Gasteiger partial charge is 0.481 e. The van der Waals surface area contributed by atoms with Crippen LogP contribution in [-0.2, 0) is 10.2 Å². The molecule has 2 aromatic rings. The van der Waals surface area contributed by atoms with Gasteiger partial charge in [0.05, 0.1) is 23.6 Å². The zero-order chi connectivity index (χ0) is 27.3. The van der Waals surface area contributed by atoms with Crippen LogP contribution in [-0.4, -0.2) is 46.3 Å². The molecule has 1 saturated heterocycles. The number of aliphatic carboxylic acids is 1. The van der Waals surface area contributed by atoms with Crippen LogP contribution in [0.1, 0.15) is 50.7 Å². The molecule has 0 unspecified atom stereocenters. The molecule has 0 amide bonds. The lowest BCUT2D eigenvalue weighted by Gasteiger charge is -2.39. The van der Waals surface area contributed by atoms with Crippen LogP contribution in [0.15, 0.2) is 36.4 Å². The fraction of sp³-hybridized carbons (Fsp3) is 0.500. The number of carbonyl (C=O) groups is 1. The van der Waals surface area contributed by atoms with Gasteiger partial charge in [-0.05, 0) is 47.9 Å². The zero-order valence-corrected chi connectivity index (χ0v) is 22.4. The first-order chi connectivity index (χ1) is 17.4. The Balaban J connectivity index is 2.00. The third-order valence-corrected chi connectivity index (χ3v) is 8.31. The summed E-state index contributed by atoms with van der Waals surface area (Å²) >= 11 is 12.2. The summed E-state index contributed by atoms with van der Waals surface area (Å²) in [7, 11) is 0. The normalized spacial score (nSPS) is 29.8. The molecule has 2 aliphatic rings. The molecule has 5 nitrogen and oxygen atoms in total. The predicted octanol–water partition coefficient (Wildman–Crippen LogP) is 6.02. The van der Waals surface area contributed by atoms with Gasteiger partial charge in [-0.25, -0.2) is 8.78 Å². The molecule has 0 spiro atoms. The molecule has 1 aliphatic heterocycles. The van der Waals surface area contributed by atoms with Crippen LogP contribution in [0.4, 0.5) is 8.78 Å². The van der Waals surface area contributed by atoms with Gasteiger partial charge in [0.2, 0.25) is 0 Å². The van der Waals surface area contributed by atoms with E-state index in [2.05, 4.69) is 6.07 Å². The van der Waals surface area contributed by atoms with Gasteiger partial charge in [0, 0.05) is 35.1 Å². The first kappa shape index (κ1) is 27.8. The van der Waals surface area contributed by atoms with Gasteiger partial charge in [-0.15, -0.1) is 0 Å². The Bertz CT molecular complexity index is 1240. The highest BCUT2D eigenvalue weighted by Crippen LogP contribution is 2.57. The minimum atomic E-state index is -1.63. The summed E-state index contributed by atoms with van der Waals surface area (Å²) in [5, 5.41) is 31.2. The van der Waals surface area contributed by atoms with Gasteiger partial charge in [0.1, 0.15) is 17.0 Å².